The Morgan fingerprint density at radius 1 is 1.55 bits per heavy atom. The Morgan fingerprint density at radius 2 is 2.25 bits per heavy atom. The van der Waals surface area contributed by atoms with Gasteiger partial charge in [0.1, 0.15) is 16.9 Å². The molecular weight excluding hydrogens is 282 g/mol. The molecule has 0 aliphatic rings. The number of hydrogen-bond acceptors (Lipinski definition) is 4. The van der Waals surface area contributed by atoms with Crippen molar-refractivity contribution in [1.82, 2.24) is 10.3 Å². The number of pyridine rings is 1. The van der Waals surface area contributed by atoms with Crippen LogP contribution < -0.4 is 5.32 Å². The van der Waals surface area contributed by atoms with Gasteiger partial charge in [0.25, 0.3) is 11.6 Å². The zero-order chi connectivity index (χ0) is 15.1. The fourth-order valence-corrected chi connectivity index (χ4v) is 1.98. The van der Waals surface area contributed by atoms with Crippen LogP contribution in [0.2, 0.25) is 5.15 Å². The molecule has 1 amide bonds. The highest BCUT2D eigenvalue weighted by molar-refractivity contribution is 6.29. The summed E-state index contributed by atoms with van der Waals surface area (Å²) >= 11 is 5.69. The summed E-state index contributed by atoms with van der Waals surface area (Å²) < 4.78 is 0. The molecule has 0 aromatic carbocycles. The molecule has 1 N–H and O–H groups in total. The Kier molecular flexibility index (Phi) is 6.38. The van der Waals surface area contributed by atoms with Crippen LogP contribution in [0.3, 0.4) is 0 Å². The van der Waals surface area contributed by atoms with Crippen molar-refractivity contribution in [3.05, 3.63) is 33.1 Å². The fraction of sp³-hybridized carbons (Fsp3) is 0.538. The predicted molar refractivity (Wildman–Crippen MR) is 77.0 cm³/mol. The molecule has 1 heterocycles. The first-order valence-electron chi connectivity index (χ1n) is 6.56. The summed E-state index contributed by atoms with van der Waals surface area (Å²) in [4.78, 5) is 25.9. The second kappa shape index (κ2) is 7.79. The fourth-order valence-electron chi connectivity index (χ4n) is 1.82. The third kappa shape index (κ3) is 4.77. The number of nitrogens with zero attached hydrogens (tertiary/aromatic N) is 2. The summed E-state index contributed by atoms with van der Waals surface area (Å²) in [5.41, 5.74) is -0.398. The number of carbonyl (C=O) groups excluding carboxylic acids is 1. The number of aromatic nitrogens is 1. The van der Waals surface area contributed by atoms with E-state index in [4.69, 9.17) is 11.6 Å². The van der Waals surface area contributed by atoms with E-state index in [2.05, 4.69) is 17.2 Å². The van der Waals surface area contributed by atoms with Crippen molar-refractivity contribution in [3.8, 4) is 0 Å². The Morgan fingerprint density at radius 3 is 2.85 bits per heavy atom. The number of hydrogen-bond donors (Lipinski definition) is 1. The van der Waals surface area contributed by atoms with Gasteiger partial charge in [-0.05, 0) is 19.4 Å². The zero-order valence-corrected chi connectivity index (χ0v) is 12.3. The molecule has 0 saturated heterocycles. The molecule has 0 saturated carbocycles. The van der Waals surface area contributed by atoms with E-state index >= 15 is 0 Å². The van der Waals surface area contributed by atoms with E-state index in [9.17, 15) is 14.9 Å². The lowest BCUT2D eigenvalue weighted by Crippen LogP contribution is -2.33. The van der Waals surface area contributed by atoms with Crippen molar-refractivity contribution < 1.29 is 9.72 Å². The highest BCUT2D eigenvalue weighted by Crippen LogP contribution is 2.20. The van der Waals surface area contributed by atoms with Gasteiger partial charge >= 0.3 is 0 Å². The second-order valence-corrected chi connectivity index (χ2v) is 5.04. The van der Waals surface area contributed by atoms with Crippen molar-refractivity contribution in [2.45, 2.75) is 45.6 Å². The predicted octanol–water partition coefficient (Wildman–Crippen LogP) is 3.34. The van der Waals surface area contributed by atoms with Crippen molar-refractivity contribution in [1.29, 1.82) is 0 Å². The molecular formula is C13H18ClN3O3. The first kappa shape index (κ1) is 16.4. The SMILES string of the molecule is CCCCCC(C)NC(=O)c1cc(Cl)ncc1[N+](=O)[O-]. The van der Waals surface area contributed by atoms with Crippen LogP contribution >= 0.6 is 11.6 Å². The quantitative estimate of drug-likeness (QED) is 0.362. The molecule has 20 heavy (non-hydrogen) atoms. The van der Waals surface area contributed by atoms with E-state index in [1.807, 2.05) is 6.92 Å². The topological polar surface area (TPSA) is 85.1 Å². The first-order chi connectivity index (χ1) is 9.45. The maximum Gasteiger partial charge on any atom is 0.300 e. The van der Waals surface area contributed by atoms with Gasteiger partial charge < -0.3 is 5.32 Å². The highest BCUT2D eigenvalue weighted by Gasteiger charge is 2.22. The van der Waals surface area contributed by atoms with Crippen LogP contribution in [0.25, 0.3) is 0 Å². The van der Waals surface area contributed by atoms with E-state index < -0.39 is 10.8 Å². The monoisotopic (exact) mass is 299 g/mol. The summed E-state index contributed by atoms with van der Waals surface area (Å²) in [6.45, 7) is 3.98. The summed E-state index contributed by atoms with van der Waals surface area (Å²) in [5, 5.41) is 13.7. The standard InChI is InChI=1S/C13H18ClN3O3/c1-3-4-5-6-9(2)16-13(18)10-7-12(14)15-8-11(10)17(19)20/h7-9H,3-6H2,1-2H3,(H,16,18). The Hall–Kier alpha value is -1.69. The first-order valence-corrected chi connectivity index (χ1v) is 6.94. The number of unbranched alkanes of at least 4 members (excludes halogenated alkanes) is 2. The van der Waals surface area contributed by atoms with Crippen LogP contribution in [0.1, 0.15) is 49.9 Å². The zero-order valence-electron chi connectivity index (χ0n) is 11.6. The molecule has 0 radical (unpaired) electrons. The number of nitro groups is 1. The maximum absolute atomic E-state index is 12.1. The van der Waals surface area contributed by atoms with E-state index in [0.717, 1.165) is 31.9 Å². The third-order valence-corrected chi connectivity index (χ3v) is 3.12. The molecule has 0 aliphatic heterocycles. The van der Waals surface area contributed by atoms with E-state index in [1.54, 1.807) is 0 Å². The number of nitrogens with one attached hydrogen (secondary N) is 1. The van der Waals surface area contributed by atoms with E-state index in [0.29, 0.717) is 0 Å². The van der Waals surface area contributed by atoms with Gasteiger partial charge in [-0.3, -0.25) is 14.9 Å². The third-order valence-electron chi connectivity index (χ3n) is 2.91. The minimum atomic E-state index is -0.639. The van der Waals surface area contributed by atoms with E-state index in [1.165, 1.54) is 6.07 Å². The van der Waals surface area contributed by atoms with Gasteiger partial charge in [-0.25, -0.2) is 4.98 Å². The molecule has 1 aromatic heterocycles. The molecule has 110 valence electrons. The number of halogens is 1. The maximum atomic E-state index is 12.1. The summed E-state index contributed by atoms with van der Waals surface area (Å²) in [6.07, 6.45) is 5.05. The Bertz CT molecular complexity index is 494. The largest absolute Gasteiger partial charge is 0.349 e. The molecule has 0 fully saturated rings. The van der Waals surface area contributed by atoms with Gasteiger partial charge in [0.2, 0.25) is 0 Å². The molecule has 6 nitrogen and oxygen atoms in total. The smallest absolute Gasteiger partial charge is 0.300 e. The van der Waals surface area contributed by atoms with Crippen LogP contribution in [-0.2, 0) is 0 Å². The molecule has 1 aromatic rings. The molecule has 1 unspecified atom stereocenters. The Labute approximate surface area is 122 Å². The number of carbonyl (C=O) groups is 1. The van der Waals surface area contributed by atoms with Crippen molar-refractivity contribution in [2.75, 3.05) is 0 Å². The van der Waals surface area contributed by atoms with Crippen LogP contribution in [0.5, 0.6) is 0 Å². The van der Waals surface area contributed by atoms with Crippen LogP contribution in [-0.4, -0.2) is 21.9 Å². The summed E-state index contributed by atoms with van der Waals surface area (Å²) in [6, 6.07) is 1.17. The average Bonchev–Trinajstić information content (AvgIpc) is 2.38. The van der Waals surface area contributed by atoms with Crippen LogP contribution in [0.15, 0.2) is 12.3 Å². The summed E-state index contributed by atoms with van der Waals surface area (Å²) in [5.74, 6) is -0.495. The lowest BCUT2D eigenvalue weighted by Gasteiger charge is -2.13. The molecule has 0 bridgehead atoms. The molecule has 1 atom stereocenters. The van der Waals surface area contributed by atoms with Gasteiger partial charge in [-0.15, -0.1) is 0 Å². The lowest BCUT2D eigenvalue weighted by molar-refractivity contribution is -0.385. The van der Waals surface area contributed by atoms with Crippen molar-refractivity contribution in [3.63, 3.8) is 0 Å². The van der Waals surface area contributed by atoms with Gasteiger partial charge in [-0.1, -0.05) is 37.8 Å². The normalized spacial score (nSPS) is 11.9. The number of amides is 1. The van der Waals surface area contributed by atoms with Gasteiger partial charge in [0.05, 0.1) is 4.92 Å². The molecule has 7 heteroatoms. The molecule has 0 spiro atoms. The Balaban J connectivity index is 2.76. The van der Waals surface area contributed by atoms with Gasteiger partial charge in [-0.2, -0.15) is 0 Å². The molecule has 0 aliphatic carbocycles. The van der Waals surface area contributed by atoms with Crippen molar-refractivity contribution in [2.24, 2.45) is 0 Å². The van der Waals surface area contributed by atoms with E-state index in [-0.39, 0.29) is 22.4 Å². The minimum absolute atomic E-state index is 0.0411. The van der Waals surface area contributed by atoms with Crippen LogP contribution in [0.4, 0.5) is 5.69 Å². The van der Waals surface area contributed by atoms with Crippen molar-refractivity contribution >= 4 is 23.2 Å². The highest BCUT2D eigenvalue weighted by atomic mass is 35.5. The van der Waals surface area contributed by atoms with Gasteiger partial charge in [0, 0.05) is 6.04 Å². The lowest BCUT2D eigenvalue weighted by atomic mass is 10.1. The number of rotatable bonds is 7. The minimum Gasteiger partial charge on any atom is -0.349 e. The summed E-state index contributed by atoms with van der Waals surface area (Å²) in [7, 11) is 0. The average molecular weight is 300 g/mol. The second-order valence-electron chi connectivity index (χ2n) is 4.65. The van der Waals surface area contributed by atoms with Gasteiger partial charge in [0.15, 0.2) is 0 Å². The molecule has 1 rings (SSSR count). The van der Waals surface area contributed by atoms with Crippen LogP contribution in [0, 0.1) is 10.1 Å².